The molecule has 0 heterocycles. The summed E-state index contributed by atoms with van der Waals surface area (Å²) in [6.45, 7) is 8.80. The molecule has 0 saturated heterocycles. The zero-order chi connectivity index (χ0) is 8.69. The fourth-order valence-corrected chi connectivity index (χ4v) is 0.718. The molecular weight excluding hydrogens is 136 g/mol. The molecule has 0 amide bonds. The van der Waals surface area contributed by atoms with Crippen molar-refractivity contribution in [3.8, 4) is 0 Å². The van der Waals surface area contributed by atoms with Gasteiger partial charge in [0.15, 0.2) is 0 Å². The topological polar surface area (TPSA) is 15.3 Å². The maximum absolute atomic E-state index is 3.86. The minimum atomic E-state index is 0.825. The van der Waals surface area contributed by atoms with Crippen molar-refractivity contribution in [2.75, 3.05) is 13.7 Å². The Bertz CT molecular complexity index is 138. The normalized spacial score (nSPS) is 10.5. The molecule has 0 unspecified atom stereocenters. The highest BCUT2D eigenvalue weighted by atomic mass is 15.2. The van der Waals surface area contributed by atoms with Crippen molar-refractivity contribution in [2.24, 2.45) is 0 Å². The maximum Gasteiger partial charge on any atom is 0.0719 e. The molecular formula is C9H18N2. The average Bonchev–Trinajstić information content (AvgIpc) is 1.97. The minimum Gasteiger partial charge on any atom is -0.340 e. The largest absolute Gasteiger partial charge is 0.340 e. The smallest absolute Gasteiger partial charge is 0.0719 e. The molecule has 0 radical (unpaired) electrons. The van der Waals surface area contributed by atoms with Crippen LogP contribution in [0.5, 0.6) is 0 Å². The van der Waals surface area contributed by atoms with E-state index in [0.717, 1.165) is 18.8 Å². The van der Waals surface area contributed by atoms with E-state index in [2.05, 4.69) is 36.0 Å². The first-order valence-corrected chi connectivity index (χ1v) is 3.95. The molecule has 64 valence electrons. The van der Waals surface area contributed by atoms with Crippen LogP contribution in [0, 0.1) is 0 Å². The summed E-state index contributed by atoms with van der Waals surface area (Å²) in [6, 6.07) is 0. The van der Waals surface area contributed by atoms with Crippen LogP contribution in [0.4, 0.5) is 0 Å². The number of hydrogen-bond acceptors (Lipinski definition) is 2. The van der Waals surface area contributed by atoms with Gasteiger partial charge in [-0.3, -0.25) is 0 Å². The van der Waals surface area contributed by atoms with E-state index < -0.39 is 0 Å². The second kappa shape index (κ2) is 5.98. The van der Waals surface area contributed by atoms with Crippen LogP contribution >= 0.6 is 0 Å². The van der Waals surface area contributed by atoms with E-state index in [4.69, 9.17) is 0 Å². The lowest BCUT2D eigenvalue weighted by atomic mass is 10.4. The summed E-state index contributed by atoms with van der Waals surface area (Å²) in [5.74, 6) is 0. The molecule has 0 aromatic heterocycles. The predicted molar refractivity (Wildman–Crippen MR) is 50.0 cm³/mol. The molecule has 0 bridgehead atoms. The SMILES string of the molecule is C=C(C)N(/C=C\CC)CNC. The van der Waals surface area contributed by atoms with E-state index in [1.807, 2.05) is 14.0 Å². The Morgan fingerprint density at radius 3 is 2.64 bits per heavy atom. The summed E-state index contributed by atoms with van der Waals surface area (Å²) < 4.78 is 0. The fraction of sp³-hybridized carbons (Fsp3) is 0.556. The van der Waals surface area contributed by atoms with Crippen LogP contribution in [-0.2, 0) is 0 Å². The third kappa shape index (κ3) is 4.62. The zero-order valence-corrected chi connectivity index (χ0v) is 7.72. The van der Waals surface area contributed by atoms with Gasteiger partial charge in [0, 0.05) is 11.9 Å². The van der Waals surface area contributed by atoms with Gasteiger partial charge in [0.2, 0.25) is 0 Å². The Morgan fingerprint density at radius 1 is 1.64 bits per heavy atom. The predicted octanol–water partition coefficient (Wildman–Crippen LogP) is 1.92. The highest BCUT2D eigenvalue weighted by Gasteiger charge is 1.94. The summed E-state index contributed by atoms with van der Waals surface area (Å²) in [4.78, 5) is 2.07. The highest BCUT2D eigenvalue weighted by molar-refractivity contribution is 4.96. The molecule has 0 aliphatic rings. The van der Waals surface area contributed by atoms with Crippen LogP contribution < -0.4 is 5.32 Å². The quantitative estimate of drug-likeness (QED) is 0.609. The molecule has 0 aliphatic heterocycles. The summed E-state index contributed by atoms with van der Waals surface area (Å²) in [6.07, 6.45) is 5.23. The van der Waals surface area contributed by atoms with Crippen molar-refractivity contribution < 1.29 is 0 Å². The highest BCUT2D eigenvalue weighted by Crippen LogP contribution is 1.99. The van der Waals surface area contributed by atoms with Crippen molar-refractivity contribution in [1.29, 1.82) is 0 Å². The first kappa shape index (κ1) is 10.2. The van der Waals surface area contributed by atoms with E-state index >= 15 is 0 Å². The van der Waals surface area contributed by atoms with Crippen molar-refractivity contribution in [2.45, 2.75) is 20.3 Å². The van der Waals surface area contributed by atoms with Crippen LogP contribution in [-0.4, -0.2) is 18.6 Å². The lowest BCUT2D eigenvalue weighted by Crippen LogP contribution is -2.25. The van der Waals surface area contributed by atoms with Gasteiger partial charge in [0.05, 0.1) is 6.67 Å². The van der Waals surface area contributed by atoms with E-state index in [9.17, 15) is 0 Å². The molecule has 0 saturated carbocycles. The molecule has 0 spiro atoms. The fourth-order valence-electron chi connectivity index (χ4n) is 0.718. The Hall–Kier alpha value is -0.760. The van der Waals surface area contributed by atoms with Crippen LogP contribution in [0.15, 0.2) is 24.6 Å². The standard InChI is InChI=1S/C9H18N2/c1-5-6-7-11(8-10-4)9(2)3/h6-7,10H,2,5,8H2,1,3-4H3/b7-6-. The first-order chi connectivity index (χ1) is 5.22. The molecule has 0 aromatic carbocycles. The van der Waals surface area contributed by atoms with Crippen LogP contribution in [0.3, 0.4) is 0 Å². The lowest BCUT2D eigenvalue weighted by Gasteiger charge is -2.19. The molecule has 2 nitrogen and oxygen atoms in total. The van der Waals surface area contributed by atoms with Crippen molar-refractivity contribution in [1.82, 2.24) is 10.2 Å². The number of nitrogens with zero attached hydrogens (tertiary/aromatic N) is 1. The van der Waals surface area contributed by atoms with Gasteiger partial charge in [-0.05, 0) is 20.4 Å². The van der Waals surface area contributed by atoms with E-state index in [1.54, 1.807) is 0 Å². The summed E-state index contributed by atoms with van der Waals surface area (Å²) in [5.41, 5.74) is 1.06. The summed E-state index contributed by atoms with van der Waals surface area (Å²) in [5, 5.41) is 3.07. The third-order valence-electron chi connectivity index (χ3n) is 1.34. The van der Waals surface area contributed by atoms with Crippen LogP contribution in [0.25, 0.3) is 0 Å². The Kier molecular flexibility index (Phi) is 5.57. The number of rotatable bonds is 5. The average molecular weight is 154 g/mol. The van der Waals surface area contributed by atoms with Gasteiger partial charge in [-0.2, -0.15) is 0 Å². The van der Waals surface area contributed by atoms with Crippen molar-refractivity contribution in [3.63, 3.8) is 0 Å². The second-order valence-electron chi connectivity index (χ2n) is 2.51. The van der Waals surface area contributed by atoms with Gasteiger partial charge >= 0.3 is 0 Å². The van der Waals surface area contributed by atoms with Gasteiger partial charge < -0.3 is 10.2 Å². The van der Waals surface area contributed by atoms with Crippen molar-refractivity contribution in [3.05, 3.63) is 24.6 Å². The third-order valence-corrected chi connectivity index (χ3v) is 1.34. The van der Waals surface area contributed by atoms with Crippen LogP contribution in [0.2, 0.25) is 0 Å². The van der Waals surface area contributed by atoms with Gasteiger partial charge in [0.1, 0.15) is 0 Å². The van der Waals surface area contributed by atoms with Gasteiger partial charge in [-0.25, -0.2) is 0 Å². The molecule has 11 heavy (non-hydrogen) atoms. The number of nitrogens with one attached hydrogen (secondary N) is 1. The van der Waals surface area contributed by atoms with Gasteiger partial charge in [0.25, 0.3) is 0 Å². The molecule has 1 N–H and O–H groups in total. The number of hydrogen-bond donors (Lipinski definition) is 1. The second-order valence-corrected chi connectivity index (χ2v) is 2.51. The van der Waals surface area contributed by atoms with Gasteiger partial charge in [-0.1, -0.05) is 19.6 Å². The van der Waals surface area contributed by atoms with E-state index in [-0.39, 0.29) is 0 Å². The van der Waals surface area contributed by atoms with Gasteiger partial charge in [-0.15, -0.1) is 0 Å². The Morgan fingerprint density at radius 2 is 2.27 bits per heavy atom. The molecule has 0 rings (SSSR count). The molecule has 0 atom stereocenters. The summed E-state index contributed by atoms with van der Waals surface area (Å²) >= 11 is 0. The minimum absolute atomic E-state index is 0.825. The van der Waals surface area contributed by atoms with E-state index in [1.165, 1.54) is 0 Å². The lowest BCUT2D eigenvalue weighted by molar-refractivity contribution is 0.436. The van der Waals surface area contributed by atoms with Crippen LogP contribution in [0.1, 0.15) is 20.3 Å². The van der Waals surface area contributed by atoms with Crippen molar-refractivity contribution >= 4 is 0 Å². The molecule has 2 heteroatoms. The summed E-state index contributed by atoms with van der Waals surface area (Å²) in [7, 11) is 1.93. The molecule has 0 fully saturated rings. The molecule has 0 aliphatic carbocycles. The zero-order valence-electron chi connectivity index (χ0n) is 7.72. The monoisotopic (exact) mass is 154 g/mol. The Labute approximate surface area is 69.6 Å². The Balaban J connectivity index is 3.88. The molecule has 0 aromatic rings. The maximum atomic E-state index is 3.86. The van der Waals surface area contributed by atoms with E-state index in [0.29, 0.717) is 0 Å². The first-order valence-electron chi connectivity index (χ1n) is 3.95. The number of allylic oxidation sites excluding steroid dienone is 2.